The molecule has 0 amide bonds. The lowest BCUT2D eigenvalue weighted by Gasteiger charge is -2.07. The van der Waals surface area contributed by atoms with Crippen molar-refractivity contribution in [2.24, 2.45) is 0 Å². The molecule has 1 unspecified atom stereocenters. The minimum atomic E-state index is -0.316. The summed E-state index contributed by atoms with van der Waals surface area (Å²) in [5.74, 6) is -0.00153. The second-order valence-electron chi connectivity index (χ2n) is 7.21. The number of carbonyl (C=O) groups is 1. The third kappa shape index (κ3) is 3.44. The van der Waals surface area contributed by atoms with E-state index in [2.05, 4.69) is 4.57 Å². The molecule has 4 rings (SSSR count). The maximum absolute atomic E-state index is 13.5. The van der Waals surface area contributed by atoms with Crippen LogP contribution in [-0.4, -0.2) is 21.6 Å². The van der Waals surface area contributed by atoms with Crippen LogP contribution >= 0.6 is 11.6 Å². The van der Waals surface area contributed by atoms with E-state index in [-0.39, 0.29) is 11.9 Å². The van der Waals surface area contributed by atoms with Gasteiger partial charge in [-0.3, -0.25) is 4.79 Å². The van der Waals surface area contributed by atoms with Crippen LogP contribution in [0.3, 0.4) is 0 Å². The first-order chi connectivity index (χ1) is 13.6. The average Bonchev–Trinajstić information content (AvgIpc) is 3.07. The number of aromatic nitrogens is 1. The summed E-state index contributed by atoms with van der Waals surface area (Å²) in [6.07, 6.45) is 3.22. The van der Waals surface area contributed by atoms with Crippen molar-refractivity contribution in [2.45, 2.75) is 32.4 Å². The van der Waals surface area contributed by atoms with Crippen LogP contribution in [0.5, 0.6) is 0 Å². The number of para-hydroxylation sites is 1. The highest BCUT2D eigenvalue weighted by atomic mass is 35.5. The molecular weight excluding hydrogens is 370 g/mol. The van der Waals surface area contributed by atoms with E-state index >= 15 is 0 Å². The van der Waals surface area contributed by atoms with Crippen molar-refractivity contribution in [3.63, 3.8) is 0 Å². The van der Waals surface area contributed by atoms with Gasteiger partial charge in [0.25, 0.3) is 0 Å². The van der Waals surface area contributed by atoms with Crippen LogP contribution in [-0.2, 0) is 6.54 Å². The van der Waals surface area contributed by atoms with Gasteiger partial charge in [-0.1, -0.05) is 54.1 Å². The first kappa shape index (κ1) is 18.7. The lowest BCUT2D eigenvalue weighted by Crippen LogP contribution is -2.04. The zero-order valence-corrected chi connectivity index (χ0v) is 16.5. The van der Waals surface area contributed by atoms with Crippen LogP contribution in [0.2, 0.25) is 5.02 Å². The Labute approximate surface area is 169 Å². The van der Waals surface area contributed by atoms with Crippen molar-refractivity contribution in [3.05, 3.63) is 83.0 Å². The summed E-state index contributed by atoms with van der Waals surface area (Å²) in [6.45, 7) is 2.56. The molecule has 0 bridgehead atoms. The molecule has 0 aliphatic carbocycles. The Kier molecular flexibility index (Phi) is 5.21. The largest absolute Gasteiger partial charge is 0.393 e. The molecular formula is C24H22ClNO2. The molecule has 0 spiro atoms. The van der Waals surface area contributed by atoms with Gasteiger partial charge in [0, 0.05) is 45.2 Å². The number of rotatable bonds is 6. The molecule has 0 radical (unpaired) electrons. The molecule has 0 saturated carbocycles. The lowest BCUT2D eigenvalue weighted by atomic mass is 9.97. The monoisotopic (exact) mass is 391 g/mol. The average molecular weight is 392 g/mol. The van der Waals surface area contributed by atoms with Gasteiger partial charge in [0.05, 0.1) is 6.10 Å². The minimum Gasteiger partial charge on any atom is -0.393 e. The quantitative estimate of drug-likeness (QED) is 0.419. The maximum atomic E-state index is 13.5. The van der Waals surface area contributed by atoms with Gasteiger partial charge in [-0.25, -0.2) is 0 Å². The van der Waals surface area contributed by atoms with Crippen LogP contribution in [0.25, 0.3) is 21.7 Å². The van der Waals surface area contributed by atoms with Crippen molar-refractivity contribution in [2.75, 3.05) is 0 Å². The van der Waals surface area contributed by atoms with Gasteiger partial charge in [-0.15, -0.1) is 0 Å². The molecule has 3 nitrogen and oxygen atoms in total. The van der Waals surface area contributed by atoms with Crippen molar-refractivity contribution >= 4 is 39.1 Å². The summed E-state index contributed by atoms with van der Waals surface area (Å²) >= 11 is 6.33. The molecule has 28 heavy (non-hydrogen) atoms. The van der Waals surface area contributed by atoms with Gasteiger partial charge in [-0.05, 0) is 43.4 Å². The van der Waals surface area contributed by atoms with Crippen molar-refractivity contribution in [1.29, 1.82) is 0 Å². The third-order valence-corrected chi connectivity index (χ3v) is 5.50. The fourth-order valence-electron chi connectivity index (χ4n) is 3.78. The van der Waals surface area contributed by atoms with Gasteiger partial charge < -0.3 is 9.67 Å². The number of hydrogen-bond donors (Lipinski definition) is 1. The number of nitrogens with zero attached hydrogens (tertiary/aromatic N) is 1. The van der Waals surface area contributed by atoms with Crippen LogP contribution in [0.15, 0.2) is 66.9 Å². The van der Waals surface area contributed by atoms with E-state index in [1.54, 1.807) is 13.0 Å². The predicted octanol–water partition coefficient (Wildman–Crippen LogP) is 5.84. The van der Waals surface area contributed by atoms with E-state index in [0.717, 1.165) is 41.1 Å². The Morgan fingerprint density at radius 1 is 0.964 bits per heavy atom. The summed E-state index contributed by atoms with van der Waals surface area (Å²) in [6, 6.07) is 19.3. The van der Waals surface area contributed by atoms with Crippen LogP contribution in [0, 0.1) is 0 Å². The molecule has 142 valence electrons. The Morgan fingerprint density at radius 2 is 1.64 bits per heavy atom. The number of carbonyl (C=O) groups excluding carboxylic acids is 1. The van der Waals surface area contributed by atoms with Crippen molar-refractivity contribution in [3.8, 4) is 0 Å². The zero-order chi connectivity index (χ0) is 19.7. The van der Waals surface area contributed by atoms with Crippen LogP contribution < -0.4 is 0 Å². The summed E-state index contributed by atoms with van der Waals surface area (Å²) in [5.41, 5.74) is 2.39. The molecule has 4 heteroatoms. The molecule has 0 fully saturated rings. The second kappa shape index (κ2) is 7.78. The van der Waals surface area contributed by atoms with E-state index in [4.69, 9.17) is 11.6 Å². The van der Waals surface area contributed by atoms with Gasteiger partial charge in [-0.2, -0.15) is 0 Å². The fourth-order valence-corrected chi connectivity index (χ4v) is 4.00. The highest BCUT2D eigenvalue weighted by Crippen LogP contribution is 2.30. The Balaban J connectivity index is 1.79. The predicted molar refractivity (Wildman–Crippen MR) is 115 cm³/mol. The molecule has 4 aromatic rings. The van der Waals surface area contributed by atoms with Crippen LogP contribution in [0.1, 0.15) is 35.7 Å². The Hall–Kier alpha value is -2.62. The van der Waals surface area contributed by atoms with E-state index in [9.17, 15) is 9.90 Å². The Morgan fingerprint density at radius 3 is 2.39 bits per heavy atom. The number of aryl methyl sites for hydroxylation is 1. The molecule has 0 aliphatic heterocycles. The number of benzene rings is 3. The SMILES string of the molecule is CC(O)CCCn1cc(C(=O)c2ccc(Cl)c3ccccc23)c2ccccc21. The summed E-state index contributed by atoms with van der Waals surface area (Å²) in [7, 11) is 0. The number of hydrogen-bond acceptors (Lipinski definition) is 2. The number of aliphatic hydroxyl groups is 1. The van der Waals surface area contributed by atoms with Crippen LogP contribution in [0.4, 0.5) is 0 Å². The molecule has 3 aromatic carbocycles. The molecule has 1 heterocycles. The molecule has 1 aromatic heterocycles. The molecule has 0 saturated heterocycles. The normalized spacial score (nSPS) is 12.5. The first-order valence-electron chi connectivity index (χ1n) is 9.54. The van der Waals surface area contributed by atoms with E-state index < -0.39 is 0 Å². The zero-order valence-electron chi connectivity index (χ0n) is 15.7. The molecule has 1 N–H and O–H groups in total. The van der Waals surface area contributed by atoms with Crippen molar-refractivity contribution in [1.82, 2.24) is 4.57 Å². The highest BCUT2D eigenvalue weighted by Gasteiger charge is 2.19. The third-order valence-electron chi connectivity index (χ3n) is 5.17. The van der Waals surface area contributed by atoms with Gasteiger partial charge >= 0.3 is 0 Å². The highest BCUT2D eigenvalue weighted by molar-refractivity contribution is 6.36. The summed E-state index contributed by atoms with van der Waals surface area (Å²) in [5, 5.41) is 12.9. The van der Waals surface area contributed by atoms with E-state index in [0.29, 0.717) is 16.1 Å². The van der Waals surface area contributed by atoms with Gasteiger partial charge in [0.2, 0.25) is 0 Å². The minimum absolute atomic E-state index is 0.00153. The first-order valence-corrected chi connectivity index (χ1v) is 9.92. The summed E-state index contributed by atoms with van der Waals surface area (Å²) < 4.78 is 2.11. The number of ketones is 1. The van der Waals surface area contributed by atoms with Crippen molar-refractivity contribution < 1.29 is 9.90 Å². The molecule has 1 atom stereocenters. The Bertz CT molecular complexity index is 1160. The fraction of sp³-hybridized carbons (Fsp3) is 0.208. The number of aliphatic hydroxyl groups excluding tert-OH is 1. The standard InChI is InChI=1S/C24H22ClNO2/c1-16(27)7-6-14-26-15-21(19-10-4-5-11-23(19)26)24(28)20-12-13-22(25)18-9-3-2-8-17(18)20/h2-5,8-13,15-16,27H,6-7,14H2,1H3. The maximum Gasteiger partial charge on any atom is 0.195 e. The smallest absolute Gasteiger partial charge is 0.195 e. The number of fused-ring (bicyclic) bond motifs is 2. The van der Waals surface area contributed by atoms with E-state index in [1.165, 1.54) is 0 Å². The number of halogens is 1. The van der Waals surface area contributed by atoms with Gasteiger partial charge in [0.15, 0.2) is 5.78 Å². The van der Waals surface area contributed by atoms with Gasteiger partial charge in [0.1, 0.15) is 0 Å². The lowest BCUT2D eigenvalue weighted by molar-refractivity contribution is 0.104. The second-order valence-corrected chi connectivity index (χ2v) is 7.62. The molecule has 0 aliphatic rings. The summed E-state index contributed by atoms with van der Waals surface area (Å²) in [4.78, 5) is 13.5. The topological polar surface area (TPSA) is 42.2 Å². The van der Waals surface area contributed by atoms with E-state index in [1.807, 2.05) is 60.8 Å².